The normalized spacial score (nSPS) is 11.9. The summed E-state index contributed by atoms with van der Waals surface area (Å²) in [6, 6.07) is 6.78. The highest BCUT2D eigenvalue weighted by molar-refractivity contribution is 6.42. The second kappa shape index (κ2) is 6.20. The van der Waals surface area contributed by atoms with Crippen LogP contribution in [0.15, 0.2) is 46.1 Å². The fourth-order valence-corrected chi connectivity index (χ4v) is 2.65. The lowest BCUT2D eigenvalue weighted by Crippen LogP contribution is -2.43. The second-order valence-corrected chi connectivity index (χ2v) is 5.91. The Morgan fingerprint density at radius 2 is 1.80 bits per heavy atom. The van der Waals surface area contributed by atoms with Crippen LogP contribution in [0, 0.1) is 0 Å². The molecule has 0 unspecified atom stereocenters. The van der Waals surface area contributed by atoms with Gasteiger partial charge in [-0.3, -0.25) is 9.36 Å². The third kappa shape index (κ3) is 3.27. The van der Waals surface area contributed by atoms with E-state index in [0.717, 1.165) is 4.57 Å². The smallest absolute Gasteiger partial charge is 0.268 e. The molecule has 0 saturated carbocycles. The Labute approximate surface area is 147 Å². The molecule has 0 aliphatic rings. The van der Waals surface area contributed by atoms with Gasteiger partial charge in [0.1, 0.15) is 6.54 Å². The van der Waals surface area contributed by atoms with Crippen molar-refractivity contribution in [3.8, 4) is 5.69 Å². The predicted molar refractivity (Wildman–Crippen MR) is 87.7 cm³/mol. The van der Waals surface area contributed by atoms with Crippen molar-refractivity contribution in [1.82, 2.24) is 14.1 Å². The molecular weight excluding hydrogens is 382 g/mol. The number of alkyl halides is 3. The number of hydrogen-bond donors (Lipinski definition) is 0. The van der Waals surface area contributed by atoms with Crippen molar-refractivity contribution in [2.24, 2.45) is 0 Å². The number of nitrogens with zero attached hydrogens (tertiary/aromatic N) is 3. The Morgan fingerprint density at radius 3 is 2.44 bits per heavy atom. The van der Waals surface area contributed by atoms with Crippen molar-refractivity contribution in [1.29, 1.82) is 0 Å². The van der Waals surface area contributed by atoms with Gasteiger partial charge in [-0.1, -0.05) is 23.2 Å². The number of rotatable bonds is 2. The van der Waals surface area contributed by atoms with Gasteiger partial charge in [0.05, 0.1) is 21.1 Å². The number of aromatic nitrogens is 3. The van der Waals surface area contributed by atoms with E-state index in [1.54, 1.807) is 0 Å². The van der Waals surface area contributed by atoms with Crippen LogP contribution in [0.25, 0.3) is 16.7 Å². The van der Waals surface area contributed by atoms with Crippen LogP contribution in [0.4, 0.5) is 13.2 Å². The van der Waals surface area contributed by atoms with E-state index < -0.39 is 24.0 Å². The van der Waals surface area contributed by atoms with E-state index in [-0.39, 0.29) is 31.3 Å². The van der Waals surface area contributed by atoms with Gasteiger partial charge in [0, 0.05) is 6.20 Å². The number of hydrogen-bond acceptors (Lipinski definition) is 3. The average Bonchev–Trinajstić information content (AvgIpc) is 2.54. The molecule has 0 amide bonds. The maximum atomic E-state index is 12.8. The third-order valence-corrected chi connectivity index (χ3v) is 4.13. The largest absolute Gasteiger partial charge is 0.406 e. The van der Waals surface area contributed by atoms with Crippen LogP contribution in [0.2, 0.25) is 10.0 Å². The van der Waals surface area contributed by atoms with E-state index in [1.165, 1.54) is 36.5 Å². The van der Waals surface area contributed by atoms with Crippen LogP contribution < -0.4 is 11.2 Å². The lowest BCUT2D eigenvalue weighted by atomic mass is 10.2. The Kier molecular flexibility index (Phi) is 4.34. The molecule has 130 valence electrons. The Balaban J connectivity index is 2.43. The van der Waals surface area contributed by atoms with Crippen molar-refractivity contribution in [3.05, 3.63) is 67.4 Å². The molecule has 0 radical (unpaired) electrons. The van der Waals surface area contributed by atoms with Gasteiger partial charge in [-0.05, 0) is 30.3 Å². The molecule has 2 heterocycles. The molecule has 10 heteroatoms. The fourth-order valence-electron chi connectivity index (χ4n) is 2.36. The highest BCUT2D eigenvalue weighted by Gasteiger charge is 2.31. The molecule has 0 atom stereocenters. The maximum absolute atomic E-state index is 12.8. The fraction of sp³-hybridized carbons (Fsp3) is 0.133. The standard InChI is InChI=1S/C15H8Cl2F3N3O2/c16-10-4-3-8(6-11(10)17)23-12-9(2-1-5-21-12)13(24)22(14(23)25)7-15(18,19)20/h1-6H,7H2. The van der Waals surface area contributed by atoms with E-state index >= 15 is 0 Å². The molecule has 0 fully saturated rings. The molecule has 5 nitrogen and oxygen atoms in total. The topological polar surface area (TPSA) is 56.9 Å². The lowest BCUT2D eigenvalue weighted by Gasteiger charge is -2.15. The minimum Gasteiger partial charge on any atom is -0.268 e. The van der Waals surface area contributed by atoms with Crippen LogP contribution in [0.3, 0.4) is 0 Å². The van der Waals surface area contributed by atoms with E-state index in [1.807, 2.05) is 0 Å². The van der Waals surface area contributed by atoms with Gasteiger partial charge < -0.3 is 0 Å². The predicted octanol–water partition coefficient (Wildman–Crippen LogP) is 3.42. The summed E-state index contributed by atoms with van der Waals surface area (Å²) < 4.78 is 39.4. The molecule has 0 aliphatic heterocycles. The van der Waals surface area contributed by atoms with Gasteiger partial charge in [-0.15, -0.1) is 0 Å². The SMILES string of the molecule is O=c1c2cccnc2n(-c2ccc(Cl)c(Cl)c2)c(=O)n1CC(F)(F)F. The van der Waals surface area contributed by atoms with Gasteiger partial charge >= 0.3 is 11.9 Å². The Morgan fingerprint density at radius 1 is 1.08 bits per heavy atom. The summed E-state index contributed by atoms with van der Waals surface area (Å²) in [6.45, 7) is -1.71. The quantitative estimate of drug-likeness (QED) is 0.674. The zero-order chi connectivity index (χ0) is 18.4. The van der Waals surface area contributed by atoms with Crippen molar-refractivity contribution in [3.63, 3.8) is 0 Å². The van der Waals surface area contributed by atoms with Crippen molar-refractivity contribution >= 4 is 34.2 Å². The molecule has 0 bridgehead atoms. The second-order valence-electron chi connectivity index (χ2n) is 5.10. The lowest BCUT2D eigenvalue weighted by molar-refractivity contribution is -0.141. The highest BCUT2D eigenvalue weighted by Crippen LogP contribution is 2.25. The van der Waals surface area contributed by atoms with Crippen molar-refractivity contribution in [2.45, 2.75) is 12.7 Å². The molecule has 0 spiro atoms. The summed E-state index contributed by atoms with van der Waals surface area (Å²) in [5.74, 6) is 0. The molecule has 0 aliphatic carbocycles. The first-order valence-corrected chi connectivity index (χ1v) is 7.57. The number of benzene rings is 1. The number of halogens is 5. The molecule has 0 saturated heterocycles. The summed E-state index contributed by atoms with van der Waals surface area (Å²) in [5, 5.41) is 0.181. The summed E-state index contributed by atoms with van der Waals surface area (Å²) in [7, 11) is 0. The molecule has 1 aromatic carbocycles. The number of pyridine rings is 1. The van der Waals surface area contributed by atoms with Crippen molar-refractivity contribution < 1.29 is 13.2 Å². The summed E-state index contributed by atoms with van der Waals surface area (Å²) >= 11 is 11.8. The van der Waals surface area contributed by atoms with Crippen LogP contribution >= 0.6 is 23.2 Å². The first-order valence-electron chi connectivity index (χ1n) is 6.82. The van der Waals surface area contributed by atoms with Gasteiger partial charge in [0.2, 0.25) is 0 Å². The first kappa shape index (κ1) is 17.5. The third-order valence-electron chi connectivity index (χ3n) is 3.40. The van der Waals surface area contributed by atoms with E-state index in [2.05, 4.69) is 4.98 Å². The van der Waals surface area contributed by atoms with Gasteiger partial charge in [-0.2, -0.15) is 13.2 Å². The zero-order valence-electron chi connectivity index (χ0n) is 12.2. The molecular formula is C15H8Cl2F3N3O2. The minimum atomic E-state index is -4.74. The van der Waals surface area contributed by atoms with Gasteiger partial charge in [0.25, 0.3) is 5.56 Å². The summed E-state index contributed by atoms with van der Waals surface area (Å²) in [6.07, 6.45) is -3.42. The summed E-state index contributed by atoms with van der Waals surface area (Å²) in [5.41, 5.74) is -2.18. The van der Waals surface area contributed by atoms with E-state index in [9.17, 15) is 22.8 Å². The van der Waals surface area contributed by atoms with E-state index in [0.29, 0.717) is 0 Å². The molecule has 0 N–H and O–H groups in total. The Hall–Kier alpha value is -2.32. The van der Waals surface area contributed by atoms with Crippen LogP contribution in [0.5, 0.6) is 0 Å². The van der Waals surface area contributed by atoms with Crippen molar-refractivity contribution in [2.75, 3.05) is 0 Å². The average molecular weight is 390 g/mol. The van der Waals surface area contributed by atoms with Crippen LogP contribution in [-0.4, -0.2) is 20.3 Å². The summed E-state index contributed by atoms with van der Waals surface area (Å²) in [4.78, 5) is 28.8. The highest BCUT2D eigenvalue weighted by atomic mass is 35.5. The maximum Gasteiger partial charge on any atom is 0.406 e. The zero-order valence-corrected chi connectivity index (χ0v) is 13.7. The first-order chi connectivity index (χ1) is 11.7. The molecule has 25 heavy (non-hydrogen) atoms. The molecule has 3 aromatic rings. The number of fused-ring (bicyclic) bond motifs is 1. The monoisotopic (exact) mass is 389 g/mol. The van der Waals surface area contributed by atoms with Gasteiger partial charge in [0.15, 0.2) is 5.65 Å². The van der Waals surface area contributed by atoms with Crippen LogP contribution in [0.1, 0.15) is 0 Å². The molecule has 3 rings (SSSR count). The minimum absolute atomic E-state index is 0.0747. The van der Waals surface area contributed by atoms with Crippen LogP contribution in [-0.2, 0) is 6.54 Å². The van der Waals surface area contributed by atoms with E-state index in [4.69, 9.17) is 23.2 Å². The molecule has 2 aromatic heterocycles. The van der Waals surface area contributed by atoms with Gasteiger partial charge in [-0.25, -0.2) is 14.3 Å². The Bertz CT molecular complexity index is 1090.